The Labute approximate surface area is 151 Å². The summed E-state index contributed by atoms with van der Waals surface area (Å²) in [4.78, 5) is 14.6. The van der Waals surface area contributed by atoms with Gasteiger partial charge in [0, 0.05) is 5.97 Å². The Hall–Kier alpha value is -1.69. The highest BCUT2D eigenvalue weighted by atomic mass is 17.1. The van der Waals surface area contributed by atoms with Crippen LogP contribution in [-0.4, -0.2) is 28.5 Å². The highest BCUT2D eigenvalue weighted by Gasteiger charge is 2.03. The number of allylic oxidation sites excluding steroid dienone is 5. The van der Waals surface area contributed by atoms with E-state index in [-0.39, 0.29) is 6.42 Å². The molecule has 0 saturated heterocycles. The number of unbranched alkanes of at least 4 members (excludes halogenated alkanes) is 3. The highest BCUT2D eigenvalue weighted by Crippen LogP contribution is 2.05. The molecule has 0 heterocycles. The van der Waals surface area contributed by atoms with Gasteiger partial charge in [0.1, 0.15) is 6.10 Å². The first-order valence-electron chi connectivity index (χ1n) is 8.95. The second-order valence-electron chi connectivity index (χ2n) is 5.83. The summed E-state index contributed by atoms with van der Waals surface area (Å²) in [7, 11) is 0. The summed E-state index contributed by atoms with van der Waals surface area (Å²) in [6, 6.07) is 0. The molecule has 0 aliphatic rings. The molecule has 0 aromatic rings. The Bertz CT molecular complexity index is 437. The molecule has 142 valence electrons. The van der Waals surface area contributed by atoms with E-state index >= 15 is 0 Å². The smallest absolute Gasteiger partial charge is 0.111 e. The second kappa shape index (κ2) is 17.1. The van der Waals surface area contributed by atoms with Crippen molar-refractivity contribution in [2.45, 2.75) is 70.5 Å². The zero-order valence-corrected chi connectivity index (χ0v) is 15.0. The normalized spacial score (nSPS) is 15.0. The van der Waals surface area contributed by atoms with Crippen LogP contribution in [0.2, 0.25) is 0 Å². The first-order chi connectivity index (χ1) is 12.1. The third-order valence-electron chi connectivity index (χ3n) is 3.52. The van der Waals surface area contributed by atoms with E-state index in [1.54, 1.807) is 36.5 Å². The molecule has 2 atom stereocenters. The van der Waals surface area contributed by atoms with E-state index in [2.05, 4.69) is 17.9 Å². The molecular formula is C20H31O5-. The first-order valence-corrected chi connectivity index (χ1v) is 8.95. The van der Waals surface area contributed by atoms with Crippen LogP contribution >= 0.6 is 0 Å². The van der Waals surface area contributed by atoms with Crippen molar-refractivity contribution in [1.82, 2.24) is 0 Å². The van der Waals surface area contributed by atoms with Gasteiger partial charge >= 0.3 is 0 Å². The maximum absolute atomic E-state index is 10.3. The van der Waals surface area contributed by atoms with Crippen molar-refractivity contribution in [1.29, 1.82) is 0 Å². The second-order valence-corrected chi connectivity index (χ2v) is 5.83. The Morgan fingerprint density at radius 3 is 2.44 bits per heavy atom. The van der Waals surface area contributed by atoms with Gasteiger partial charge in [-0.25, -0.2) is 4.89 Å². The molecule has 5 nitrogen and oxygen atoms in total. The maximum atomic E-state index is 10.3. The minimum Gasteiger partial charge on any atom is -0.550 e. The molecule has 0 aliphatic heterocycles. The highest BCUT2D eigenvalue weighted by molar-refractivity contribution is 5.64. The maximum Gasteiger partial charge on any atom is 0.111 e. The van der Waals surface area contributed by atoms with Crippen molar-refractivity contribution in [2.24, 2.45) is 0 Å². The van der Waals surface area contributed by atoms with Gasteiger partial charge in [0.25, 0.3) is 0 Å². The number of hydrogen-bond acceptors (Lipinski definition) is 5. The van der Waals surface area contributed by atoms with E-state index < -0.39 is 18.2 Å². The molecule has 25 heavy (non-hydrogen) atoms. The SMILES string of the molecule is CCCCC/C=C\C[C@H](O)/C=C/C=C\C=C\[C@H](CCCC(=O)[O-])OO. The molecule has 2 N–H and O–H groups in total. The molecule has 0 bridgehead atoms. The van der Waals surface area contributed by atoms with Crippen LogP contribution in [0.4, 0.5) is 0 Å². The monoisotopic (exact) mass is 351 g/mol. The number of aliphatic hydroxyl groups is 1. The van der Waals surface area contributed by atoms with E-state index in [1.807, 2.05) is 6.08 Å². The molecule has 0 fully saturated rings. The van der Waals surface area contributed by atoms with Crippen molar-refractivity contribution in [2.75, 3.05) is 0 Å². The standard InChI is InChI=1S/C20H32O5/c1-2-3-4-5-6-9-13-18(21)14-10-7-8-11-15-19(25-24)16-12-17-20(22)23/h6-11,14-15,18-19,21,24H,2-5,12-13,16-17H2,1H3,(H,22,23)/p-1/b8-7-,9-6-,14-10+,15-11+/t18-,19+/m0/s1. The zero-order chi connectivity index (χ0) is 18.8. The number of hydrogen-bond donors (Lipinski definition) is 2. The van der Waals surface area contributed by atoms with Gasteiger partial charge in [0.15, 0.2) is 0 Å². The third-order valence-corrected chi connectivity index (χ3v) is 3.52. The van der Waals surface area contributed by atoms with Crippen LogP contribution < -0.4 is 5.11 Å². The molecule has 0 spiro atoms. The summed E-state index contributed by atoms with van der Waals surface area (Å²) in [6.07, 6.45) is 19.4. The van der Waals surface area contributed by atoms with Crippen LogP contribution in [0.5, 0.6) is 0 Å². The molecule has 0 radical (unpaired) electrons. The molecule has 0 aromatic carbocycles. The fraction of sp³-hybridized carbons (Fsp3) is 0.550. The predicted octanol–water partition coefficient (Wildman–Crippen LogP) is 3.32. The number of carboxylic acid groups (broad SMARTS) is 1. The first kappa shape index (κ1) is 23.3. The molecule has 0 aromatic heterocycles. The lowest BCUT2D eigenvalue weighted by molar-refractivity contribution is -0.306. The summed E-state index contributed by atoms with van der Waals surface area (Å²) < 4.78 is 0. The van der Waals surface area contributed by atoms with Crippen molar-refractivity contribution in [3.05, 3.63) is 48.6 Å². The molecule has 0 unspecified atom stereocenters. The van der Waals surface area contributed by atoms with Crippen molar-refractivity contribution < 1.29 is 25.2 Å². The summed E-state index contributed by atoms with van der Waals surface area (Å²) in [5, 5.41) is 28.8. The molecule has 0 aliphatic carbocycles. The van der Waals surface area contributed by atoms with Gasteiger partial charge in [-0.1, -0.05) is 68.4 Å². The minimum absolute atomic E-state index is 0.0583. The Kier molecular flexibility index (Phi) is 16.0. The molecule has 5 heteroatoms. The average Bonchev–Trinajstić information content (AvgIpc) is 2.59. The summed E-state index contributed by atoms with van der Waals surface area (Å²) in [5.41, 5.74) is 0. The predicted molar refractivity (Wildman–Crippen MR) is 97.7 cm³/mol. The number of aliphatic carboxylic acids is 1. The van der Waals surface area contributed by atoms with Gasteiger partial charge in [0.05, 0.1) is 6.10 Å². The fourth-order valence-electron chi connectivity index (χ4n) is 2.08. The topological polar surface area (TPSA) is 89.8 Å². The van der Waals surface area contributed by atoms with E-state index in [0.29, 0.717) is 19.3 Å². The van der Waals surface area contributed by atoms with Crippen LogP contribution in [0.15, 0.2) is 48.6 Å². The zero-order valence-electron chi connectivity index (χ0n) is 15.0. The van der Waals surface area contributed by atoms with Crippen LogP contribution in [0.3, 0.4) is 0 Å². The molecule has 0 saturated carbocycles. The van der Waals surface area contributed by atoms with Crippen LogP contribution in [0.1, 0.15) is 58.3 Å². The number of aliphatic hydroxyl groups excluding tert-OH is 1. The fourth-order valence-corrected chi connectivity index (χ4v) is 2.08. The summed E-state index contributed by atoms with van der Waals surface area (Å²) in [5.74, 6) is -1.11. The number of carbonyl (C=O) groups excluding carboxylic acids is 1. The van der Waals surface area contributed by atoms with Crippen LogP contribution in [0.25, 0.3) is 0 Å². The third kappa shape index (κ3) is 16.9. The van der Waals surface area contributed by atoms with Crippen molar-refractivity contribution in [3.63, 3.8) is 0 Å². The summed E-state index contributed by atoms with van der Waals surface area (Å²) in [6.45, 7) is 2.18. The van der Waals surface area contributed by atoms with E-state index in [0.717, 1.165) is 6.42 Å². The lowest BCUT2D eigenvalue weighted by Crippen LogP contribution is -2.22. The van der Waals surface area contributed by atoms with Crippen LogP contribution in [-0.2, 0) is 9.68 Å². The van der Waals surface area contributed by atoms with E-state index in [9.17, 15) is 15.0 Å². The quantitative estimate of drug-likeness (QED) is 0.155. The van der Waals surface area contributed by atoms with Gasteiger partial charge < -0.3 is 15.0 Å². The Morgan fingerprint density at radius 2 is 1.80 bits per heavy atom. The van der Waals surface area contributed by atoms with E-state index in [1.165, 1.54) is 19.3 Å². The van der Waals surface area contributed by atoms with Gasteiger partial charge in [-0.2, -0.15) is 0 Å². The van der Waals surface area contributed by atoms with Gasteiger partial charge in [-0.05, 0) is 38.5 Å². The van der Waals surface area contributed by atoms with E-state index in [4.69, 9.17) is 5.26 Å². The Balaban J connectivity index is 3.95. The van der Waals surface area contributed by atoms with Gasteiger partial charge in [-0.3, -0.25) is 5.26 Å². The largest absolute Gasteiger partial charge is 0.550 e. The molecular weight excluding hydrogens is 320 g/mol. The lowest BCUT2D eigenvalue weighted by Gasteiger charge is -2.08. The van der Waals surface area contributed by atoms with Gasteiger partial charge in [0.2, 0.25) is 0 Å². The van der Waals surface area contributed by atoms with Gasteiger partial charge in [-0.15, -0.1) is 0 Å². The Morgan fingerprint density at radius 1 is 1.08 bits per heavy atom. The van der Waals surface area contributed by atoms with Crippen molar-refractivity contribution >= 4 is 5.97 Å². The minimum atomic E-state index is -1.11. The number of rotatable bonds is 15. The number of carbonyl (C=O) groups is 1. The molecule has 0 amide bonds. The van der Waals surface area contributed by atoms with Crippen LogP contribution in [0, 0.1) is 0 Å². The number of carboxylic acids is 1. The lowest BCUT2D eigenvalue weighted by atomic mass is 10.1. The average molecular weight is 351 g/mol. The summed E-state index contributed by atoms with van der Waals surface area (Å²) >= 11 is 0. The van der Waals surface area contributed by atoms with Crippen molar-refractivity contribution in [3.8, 4) is 0 Å². The molecule has 0 rings (SSSR count).